The fraction of sp³-hybridized carbons (Fsp3) is 0.0968. The normalized spacial score (nSPS) is 14.0. The topological polar surface area (TPSA) is 104 Å². The molecular weight excluding hydrogens is 535 g/mol. The second-order valence-electron chi connectivity index (χ2n) is 8.82. The van der Waals surface area contributed by atoms with E-state index in [0.717, 1.165) is 5.56 Å². The fourth-order valence-corrected chi connectivity index (χ4v) is 4.48. The predicted octanol–water partition coefficient (Wildman–Crippen LogP) is 6.50. The van der Waals surface area contributed by atoms with Crippen LogP contribution in [0.4, 0.5) is 4.39 Å². The van der Waals surface area contributed by atoms with E-state index in [0.29, 0.717) is 40.0 Å². The van der Waals surface area contributed by atoms with Crippen LogP contribution in [0.2, 0.25) is 5.02 Å². The summed E-state index contributed by atoms with van der Waals surface area (Å²) in [7, 11) is 1.53. The molecule has 0 aromatic heterocycles. The maximum Gasteiger partial charge on any atom is 0.346 e. The van der Waals surface area contributed by atoms with Crippen molar-refractivity contribution in [3.8, 4) is 29.1 Å². The lowest BCUT2D eigenvalue weighted by molar-refractivity contribution is 0.0729. The standard InChI is InChI=1S/C31H22ClFN2O5/c1-37-28-14-19(8-13-26(28)38-17-18-6-9-20(32)10-7-18)29-23-12-11-21(15-27(23)40-30(35)24(29)16-34)39-31(36)22-4-2-3-5-25(22)33/h2-15,29H,17,35H2,1H3. The number of rotatable bonds is 7. The van der Waals surface area contributed by atoms with Gasteiger partial charge in [0.05, 0.1) is 18.6 Å². The average molecular weight is 557 g/mol. The van der Waals surface area contributed by atoms with Crippen LogP contribution in [-0.4, -0.2) is 13.1 Å². The van der Waals surface area contributed by atoms with Crippen LogP contribution < -0.4 is 24.7 Å². The van der Waals surface area contributed by atoms with E-state index >= 15 is 0 Å². The van der Waals surface area contributed by atoms with Crippen LogP contribution in [0.3, 0.4) is 0 Å². The van der Waals surface area contributed by atoms with Crippen molar-refractivity contribution in [1.82, 2.24) is 0 Å². The summed E-state index contributed by atoms with van der Waals surface area (Å²) in [4.78, 5) is 12.5. The number of benzene rings is 4. The van der Waals surface area contributed by atoms with E-state index in [2.05, 4.69) is 6.07 Å². The molecule has 4 aromatic rings. The number of nitriles is 1. The van der Waals surface area contributed by atoms with Crippen LogP contribution in [0.1, 0.15) is 33.0 Å². The molecular formula is C31H22ClFN2O5. The molecule has 0 bridgehead atoms. The Morgan fingerprint density at radius 1 is 1.05 bits per heavy atom. The zero-order chi connectivity index (χ0) is 28.2. The summed E-state index contributed by atoms with van der Waals surface area (Å²) in [6.07, 6.45) is 0. The SMILES string of the molecule is COc1cc(C2C(C#N)=C(N)Oc3cc(OC(=O)c4ccccc4F)ccc32)ccc1OCc1ccc(Cl)cc1. The number of halogens is 2. The Morgan fingerprint density at radius 3 is 2.55 bits per heavy atom. The smallest absolute Gasteiger partial charge is 0.346 e. The van der Waals surface area contributed by atoms with Crippen molar-refractivity contribution >= 4 is 17.6 Å². The van der Waals surface area contributed by atoms with Crippen molar-refractivity contribution in [2.45, 2.75) is 12.5 Å². The molecule has 0 amide bonds. The first-order chi connectivity index (χ1) is 19.4. The summed E-state index contributed by atoms with van der Waals surface area (Å²) >= 11 is 5.96. The van der Waals surface area contributed by atoms with Gasteiger partial charge in [0.15, 0.2) is 11.5 Å². The van der Waals surface area contributed by atoms with Crippen LogP contribution in [0, 0.1) is 17.1 Å². The molecule has 40 heavy (non-hydrogen) atoms. The van der Waals surface area contributed by atoms with Gasteiger partial charge in [0, 0.05) is 16.7 Å². The van der Waals surface area contributed by atoms with Crippen molar-refractivity contribution in [1.29, 1.82) is 5.26 Å². The van der Waals surface area contributed by atoms with Gasteiger partial charge in [-0.2, -0.15) is 5.26 Å². The van der Waals surface area contributed by atoms with Gasteiger partial charge < -0.3 is 24.7 Å². The lowest BCUT2D eigenvalue weighted by atomic mass is 9.83. The molecule has 0 fully saturated rings. The molecule has 0 aliphatic carbocycles. The third kappa shape index (κ3) is 5.41. The van der Waals surface area contributed by atoms with Gasteiger partial charge >= 0.3 is 5.97 Å². The van der Waals surface area contributed by atoms with Crippen LogP contribution in [0.15, 0.2) is 96.4 Å². The Labute approximate surface area is 234 Å². The summed E-state index contributed by atoms with van der Waals surface area (Å²) in [5.74, 6) is -0.827. The zero-order valence-corrected chi connectivity index (χ0v) is 21.9. The molecule has 0 spiro atoms. The third-order valence-corrected chi connectivity index (χ3v) is 6.58. The number of fused-ring (bicyclic) bond motifs is 1. The highest BCUT2D eigenvalue weighted by atomic mass is 35.5. The van der Waals surface area contributed by atoms with Crippen molar-refractivity contribution in [3.05, 3.63) is 129 Å². The predicted molar refractivity (Wildman–Crippen MR) is 146 cm³/mol. The molecule has 1 heterocycles. The molecule has 200 valence electrons. The number of hydrogen-bond donors (Lipinski definition) is 1. The molecule has 0 saturated heterocycles. The number of esters is 1. The number of carbonyl (C=O) groups excluding carboxylic acids is 1. The lowest BCUT2D eigenvalue weighted by Crippen LogP contribution is -2.21. The quantitative estimate of drug-likeness (QED) is 0.204. The molecule has 7 nitrogen and oxygen atoms in total. The van der Waals surface area contributed by atoms with E-state index in [4.69, 9.17) is 36.3 Å². The second-order valence-corrected chi connectivity index (χ2v) is 9.26. The maximum absolute atomic E-state index is 14.0. The van der Waals surface area contributed by atoms with E-state index in [-0.39, 0.29) is 22.8 Å². The second kappa shape index (κ2) is 11.4. The molecule has 1 aliphatic rings. The number of ether oxygens (including phenoxy) is 4. The van der Waals surface area contributed by atoms with Gasteiger partial charge in [-0.05, 0) is 53.6 Å². The van der Waals surface area contributed by atoms with Crippen molar-refractivity contribution in [2.24, 2.45) is 5.73 Å². The van der Waals surface area contributed by atoms with E-state index < -0.39 is 17.7 Å². The van der Waals surface area contributed by atoms with Crippen LogP contribution >= 0.6 is 11.6 Å². The molecule has 2 N–H and O–H groups in total. The molecule has 4 aromatic carbocycles. The highest BCUT2D eigenvalue weighted by Crippen LogP contribution is 2.45. The van der Waals surface area contributed by atoms with Gasteiger partial charge in [-0.25, -0.2) is 9.18 Å². The summed E-state index contributed by atoms with van der Waals surface area (Å²) in [6.45, 7) is 0.303. The highest BCUT2D eigenvalue weighted by Gasteiger charge is 2.32. The van der Waals surface area contributed by atoms with E-state index in [1.54, 1.807) is 36.4 Å². The van der Waals surface area contributed by atoms with Crippen LogP contribution in [0.5, 0.6) is 23.0 Å². The Hall–Kier alpha value is -5.00. The third-order valence-electron chi connectivity index (χ3n) is 6.32. The zero-order valence-electron chi connectivity index (χ0n) is 21.2. The molecule has 1 aliphatic heterocycles. The molecule has 9 heteroatoms. The number of nitrogens with two attached hydrogens (primary N) is 1. The monoisotopic (exact) mass is 556 g/mol. The van der Waals surface area contributed by atoms with E-state index in [9.17, 15) is 14.4 Å². The summed E-state index contributed by atoms with van der Waals surface area (Å²) in [6, 6.07) is 25.0. The lowest BCUT2D eigenvalue weighted by Gasteiger charge is -2.27. The summed E-state index contributed by atoms with van der Waals surface area (Å²) < 4.78 is 36.7. The Balaban J connectivity index is 1.44. The van der Waals surface area contributed by atoms with Crippen LogP contribution in [0.25, 0.3) is 0 Å². The van der Waals surface area contributed by atoms with E-state index in [1.165, 1.54) is 37.4 Å². The number of nitrogens with zero attached hydrogens (tertiary/aromatic N) is 1. The summed E-state index contributed by atoms with van der Waals surface area (Å²) in [5.41, 5.74) is 8.40. The number of hydrogen-bond acceptors (Lipinski definition) is 7. The van der Waals surface area contributed by atoms with Gasteiger partial charge in [-0.15, -0.1) is 0 Å². The van der Waals surface area contributed by atoms with Crippen LogP contribution in [-0.2, 0) is 6.61 Å². The number of carbonyl (C=O) groups is 1. The Bertz CT molecular complexity index is 1660. The maximum atomic E-state index is 14.0. The molecule has 1 atom stereocenters. The Morgan fingerprint density at radius 2 is 1.82 bits per heavy atom. The Kier molecular flexibility index (Phi) is 7.58. The molecule has 5 rings (SSSR count). The minimum absolute atomic E-state index is 0.0837. The molecule has 1 unspecified atom stereocenters. The highest BCUT2D eigenvalue weighted by molar-refractivity contribution is 6.30. The number of allylic oxidation sites excluding steroid dienone is 1. The van der Waals surface area contributed by atoms with Crippen molar-refractivity contribution < 1.29 is 28.1 Å². The van der Waals surface area contributed by atoms with Crippen molar-refractivity contribution in [3.63, 3.8) is 0 Å². The number of methoxy groups -OCH3 is 1. The van der Waals surface area contributed by atoms with Gasteiger partial charge in [0.1, 0.15) is 35.6 Å². The van der Waals surface area contributed by atoms with Gasteiger partial charge in [-0.3, -0.25) is 0 Å². The largest absolute Gasteiger partial charge is 0.493 e. The first-order valence-electron chi connectivity index (χ1n) is 12.1. The average Bonchev–Trinajstić information content (AvgIpc) is 2.96. The fourth-order valence-electron chi connectivity index (χ4n) is 4.36. The molecule has 0 radical (unpaired) electrons. The minimum Gasteiger partial charge on any atom is -0.493 e. The van der Waals surface area contributed by atoms with Gasteiger partial charge in [0.2, 0.25) is 5.88 Å². The van der Waals surface area contributed by atoms with Gasteiger partial charge in [0.25, 0.3) is 0 Å². The van der Waals surface area contributed by atoms with Gasteiger partial charge in [-0.1, -0.05) is 48.0 Å². The first kappa shape index (κ1) is 26.6. The minimum atomic E-state index is -0.856. The van der Waals surface area contributed by atoms with E-state index in [1.807, 2.05) is 18.2 Å². The summed E-state index contributed by atoms with van der Waals surface area (Å²) in [5, 5.41) is 10.6. The first-order valence-corrected chi connectivity index (χ1v) is 12.5. The molecule has 0 saturated carbocycles. The van der Waals surface area contributed by atoms with Crippen molar-refractivity contribution in [2.75, 3.05) is 7.11 Å².